The number of ketones is 1. The summed E-state index contributed by atoms with van der Waals surface area (Å²) < 4.78 is 9.85. The van der Waals surface area contributed by atoms with E-state index in [9.17, 15) is 4.79 Å². The number of thioether (sulfide) groups is 1. The van der Waals surface area contributed by atoms with Crippen LogP contribution in [0.5, 0.6) is 0 Å². The van der Waals surface area contributed by atoms with Crippen LogP contribution in [0.4, 0.5) is 5.95 Å². The Morgan fingerprint density at radius 1 is 1.20 bits per heavy atom. The lowest BCUT2D eigenvalue weighted by Crippen LogP contribution is -2.22. The van der Waals surface area contributed by atoms with E-state index in [1.807, 2.05) is 25.1 Å². The monoisotopic (exact) mass is 427 g/mol. The molecule has 0 N–H and O–H groups in total. The summed E-state index contributed by atoms with van der Waals surface area (Å²) in [4.78, 5) is 15.2. The Kier molecular flexibility index (Phi) is 6.32. The van der Waals surface area contributed by atoms with Gasteiger partial charge in [0.1, 0.15) is 5.76 Å². The van der Waals surface area contributed by atoms with Gasteiger partial charge in [-0.25, -0.2) is 0 Å². The standard InChI is InChI=1S/C22H29N5O2S/c1-4-9-26-16(2)13-19(17(26)3)20(28)15-30-22-24-23-21(25-10-5-6-11-25)27(22)14-18-8-7-12-29-18/h7-8,12-13H,4-6,9-11,14-15H2,1-3H3. The van der Waals surface area contributed by atoms with Gasteiger partial charge >= 0.3 is 0 Å². The third kappa shape index (κ3) is 4.19. The van der Waals surface area contributed by atoms with Crippen LogP contribution < -0.4 is 4.90 Å². The molecule has 7 nitrogen and oxygen atoms in total. The first-order valence-electron chi connectivity index (χ1n) is 10.6. The van der Waals surface area contributed by atoms with Gasteiger partial charge in [0.15, 0.2) is 10.9 Å². The van der Waals surface area contributed by atoms with Crippen LogP contribution in [-0.2, 0) is 13.1 Å². The lowest BCUT2D eigenvalue weighted by Gasteiger charge is -2.17. The molecule has 160 valence electrons. The van der Waals surface area contributed by atoms with E-state index in [1.165, 1.54) is 24.6 Å². The van der Waals surface area contributed by atoms with Crippen molar-refractivity contribution in [1.29, 1.82) is 0 Å². The molecule has 0 spiro atoms. The molecular weight excluding hydrogens is 398 g/mol. The Balaban J connectivity index is 1.53. The number of hydrogen-bond donors (Lipinski definition) is 0. The maximum atomic E-state index is 13.0. The summed E-state index contributed by atoms with van der Waals surface area (Å²) in [6.07, 6.45) is 5.06. The Hall–Kier alpha value is -2.48. The van der Waals surface area contributed by atoms with Gasteiger partial charge in [-0.1, -0.05) is 18.7 Å². The van der Waals surface area contributed by atoms with Crippen LogP contribution in [0.15, 0.2) is 34.0 Å². The number of furan rings is 1. The minimum Gasteiger partial charge on any atom is -0.467 e. The summed E-state index contributed by atoms with van der Waals surface area (Å²) in [6, 6.07) is 5.85. The molecule has 0 amide bonds. The Bertz CT molecular complexity index is 999. The van der Waals surface area contributed by atoms with Gasteiger partial charge in [-0.15, -0.1) is 10.2 Å². The first-order valence-corrected chi connectivity index (χ1v) is 11.6. The van der Waals surface area contributed by atoms with Crippen molar-refractivity contribution >= 4 is 23.5 Å². The fraction of sp³-hybridized carbons (Fsp3) is 0.500. The highest BCUT2D eigenvalue weighted by Gasteiger charge is 2.23. The minimum absolute atomic E-state index is 0.130. The van der Waals surface area contributed by atoms with Gasteiger partial charge in [0, 0.05) is 36.6 Å². The molecular formula is C22H29N5O2S. The largest absolute Gasteiger partial charge is 0.467 e. The number of carbonyl (C=O) groups excluding carboxylic acids is 1. The molecule has 4 heterocycles. The maximum absolute atomic E-state index is 13.0. The summed E-state index contributed by atoms with van der Waals surface area (Å²) in [5.74, 6) is 2.18. The van der Waals surface area contributed by atoms with Crippen molar-refractivity contribution in [2.24, 2.45) is 0 Å². The van der Waals surface area contributed by atoms with Crippen molar-refractivity contribution in [3.05, 3.63) is 47.2 Å². The maximum Gasteiger partial charge on any atom is 0.228 e. The topological polar surface area (TPSA) is 69.1 Å². The SMILES string of the molecule is CCCn1c(C)cc(C(=O)CSc2nnc(N3CCCC3)n2Cc2ccco2)c1C. The van der Waals surface area contributed by atoms with Gasteiger partial charge in [-0.3, -0.25) is 9.36 Å². The molecule has 0 saturated carbocycles. The van der Waals surface area contributed by atoms with E-state index in [1.54, 1.807) is 6.26 Å². The summed E-state index contributed by atoms with van der Waals surface area (Å²) in [5, 5.41) is 9.62. The quantitative estimate of drug-likeness (QED) is 0.374. The van der Waals surface area contributed by atoms with E-state index in [-0.39, 0.29) is 5.78 Å². The molecule has 1 aliphatic heterocycles. The van der Waals surface area contributed by atoms with Crippen molar-refractivity contribution in [2.45, 2.75) is 58.3 Å². The zero-order valence-corrected chi connectivity index (χ0v) is 18.7. The molecule has 0 atom stereocenters. The first-order chi connectivity index (χ1) is 14.6. The number of aromatic nitrogens is 4. The molecule has 0 bridgehead atoms. The second kappa shape index (κ2) is 9.12. The Labute approximate surface area is 181 Å². The van der Waals surface area contributed by atoms with Crippen LogP contribution in [-0.4, -0.2) is 44.0 Å². The zero-order valence-electron chi connectivity index (χ0n) is 17.9. The highest BCUT2D eigenvalue weighted by molar-refractivity contribution is 7.99. The molecule has 1 saturated heterocycles. The summed E-state index contributed by atoms with van der Waals surface area (Å²) in [5.41, 5.74) is 3.00. The number of rotatable bonds is 9. The first kappa shape index (κ1) is 20.8. The second-order valence-electron chi connectivity index (χ2n) is 7.79. The van der Waals surface area contributed by atoms with Crippen molar-refractivity contribution in [3.63, 3.8) is 0 Å². The Morgan fingerprint density at radius 2 is 2.00 bits per heavy atom. The molecule has 1 aliphatic rings. The van der Waals surface area contributed by atoms with E-state index >= 15 is 0 Å². The highest BCUT2D eigenvalue weighted by Crippen LogP contribution is 2.27. The molecule has 0 aliphatic carbocycles. The van der Waals surface area contributed by atoms with Gasteiger partial charge in [0.2, 0.25) is 5.95 Å². The van der Waals surface area contributed by atoms with Crippen LogP contribution in [0, 0.1) is 13.8 Å². The molecule has 8 heteroatoms. The normalized spacial score (nSPS) is 14.0. The molecule has 30 heavy (non-hydrogen) atoms. The molecule has 1 fully saturated rings. The van der Waals surface area contributed by atoms with Gasteiger partial charge in [-0.05, 0) is 51.3 Å². The van der Waals surface area contributed by atoms with Crippen LogP contribution in [0.1, 0.15) is 53.7 Å². The second-order valence-corrected chi connectivity index (χ2v) is 8.73. The smallest absolute Gasteiger partial charge is 0.228 e. The number of nitrogens with zero attached hydrogens (tertiary/aromatic N) is 5. The van der Waals surface area contributed by atoms with Gasteiger partial charge in [-0.2, -0.15) is 0 Å². The van der Waals surface area contributed by atoms with Crippen molar-refractivity contribution < 1.29 is 9.21 Å². The lowest BCUT2D eigenvalue weighted by atomic mass is 10.2. The third-order valence-electron chi connectivity index (χ3n) is 5.63. The molecule has 0 radical (unpaired) electrons. The average Bonchev–Trinajstić information content (AvgIpc) is 3.52. The Morgan fingerprint density at radius 3 is 2.70 bits per heavy atom. The van der Waals surface area contributed by atoms with E-state index in [4.69, 9.17) is 4.42 Å². The number of Topliss-reactive ketones (excluding diaryl/α,β-unsaturated/α-hetero) is 1. The fourth-order valence-electron chi connectivity index (χ4n) is 4.09. The molecule has 0 unspecified atom stereocenters. The summed E-state index contributed by atoms with van der Waals surface area (Å²) >= 11 is 1.45. The molecule has 4 rings (SSSR count). The molecule has 0 aromatic carbocycles. The van der Waals surface area contributed by atoms with E-state index in [0.717, 1.165) is 59.9 Å². The average molecular weight is 428 g/mol. The van der Waals surface area contributed by atoms with Crippen LogP contribution in [0.2, 0.25) is 0 Å². The lowest BCUT2D eigenvalue weighted by molar-refractivity contribution is 0.102. The highest BCUT2D eigenvalue weighted by atomic mass is 32.2. The summed E-state index contributed by atoms with van der Waals surface area (Å²) in [7, 11) is 0. The number of hydrogen-bond acceptors (Lipinski definition) is 6. The van der Waals surface area contributed by atoms with Gasteiger partial charge in [0.25, 0.3) is 0 Å². The van der Waals surface area contributed by atoms with Crippen LogP contribution in [0.3, 0.4) is 0 Å². The third-order valence-corrected chi connectivity index (χ3v) is 6.60. The minimum atomic E-state index is 0.130. The molecule has 3 aromatic rings. The van der Waals surface area contributed by atoms with E-state index in [2.05, 4.69) is 38.1 Å². The van der Waals surface area contributed by atoms with Crippen molar-refractivity contribution in [2.75, 3.05) is 23.7 Å². The van der Waals surface area contributed by atoms with Crippen molar-refractivity contribution in [3.8, 4) is 0 Å². The number of carbonyl (C=O) groups is 1. The number of anilines is 1. The fourth-order valence-corrected chi connectivity index (χ4v) is 4.91. The molecule has 3 aromatic heterocycles. The zero-order chi connectivity index (χ0) is 21.1. The van der Waals surface area contributed by atoms with Gasteiger partial charge in [0.05, 0.1) is 18.6 Å². The van der Waals surface area contributed by atoms with Crippen LogP contribution >= 0.6 is 11.8 Å². The summed E-state index contributed by atoms with van der Waals surface area (Å²) in [6.45, 7) is 9.73. The predicted octanol–water partition coefficient (Wildman–Crippen LogP) is 4.32. The van der Waals surface area contributed by atoms with Crippen LogP contribution in [0.25, 0.3) is 0 Å². The number of aryl methyl sites for hydroxylation is 1. The van der Waals surface area contributed by atoms with E-state index < -0.39 is 0 Å². The van der Waals surface area contributed by atoms with E-state index in [0.29, 0.717) is 12.3 Å². The van der Waals surface area contributed by atoms with Crippen molar-refractivity contribution in [1.82, 2.24) is 19.3 Å². The predicted molar refractivity (Wildman–Crippen MR) is 119 cm³/mol. The van der Waals surface area contributed by atoms with Gasteiger partial charge < -0.3 is 13.9 Å².